The molecule has 3 aromatic rings. The molecule has 0 unspecified atom stereocenters. The molecule has 4 rings (SSSR count). The second-order valence-electron chi connectivity index (χ2n) is 7.87. The van der Waals surface area contributed by atoms with Gasteiger partial charge in [0.15, 0.2) is 0 Å². The molecule has 0 saturated carbocycles. The number of thiol groups is 1. The number of aryl methyl sites for hydroxylation is 1. The molecule has 0 bridgehead atoms. The fourth-order valence-corrected chi connectivity index (χ4v) is 4.16. The predicted octanol–water partition coefficient (Wildman–Crippen LogP) is 4.54. The van der Waals surface area contributed by atoms with Crippen molar-refractivity contribution >= 4 is 30.1 Å². The van der Waals surface area contributed by atoms with Gasteiger partial charge in [-0.05, 0) is 74.7 Å². The topological polar surface area (TPSA) is 83.2 Å². The van der Waals surface area contributed by atoms with Crippen molar-refractivity contribution in [3.8, 4) is 11.4 Å². The van der Waals surface area contributed by atoms with Gasteiger partial charge in [-0.15, -0.1) is 12.6 Å². The largest absolute Gasteiger partial charge is 0.497 e. The number of carbonyl (C=O) groups excluding carboxylic acids is 1. The van der Waals surface area contributed by atoms with Crippen LogP contribution < -0.4 is 10.1 Å². The van der Waals surface area contributed by atoms with E-state index < -0.39 is 0 Å². The van der Waals surface area contributed by atoms with Gasteiger partial charge in [-0.3, -0.25) is 10.2 Å². The van der Waals surface area contributed by atoms with Crippen molar-refractivity contribution in [2.45, 2.75) is 31.1 Å². The molecule has 8 heteroatoms. The van der Waals surface area contributed by atoms with E-state index in [1.54, 1.807) is 23.9 Å². The first-order chi connectivity index (χ1) is 15.5. The zero-order chi connectivity index (χ0) is 22.7. The number of rotatable bonds is 5. The molecular formula is C24H27N5O2S. The lowest BCUT2D eigenvalue weighted by Gasteiger charge is -2.29. The van der Waals surface area contributed by atoms with Crippen LogP contribution in [0, 0.1) is 12.3 Å². The minimum absolute atomic E-state index is 0.270. The van der Waals surface area contributed by atoms with E-state index in [-0.39, 0.29) is 5.91 Å². The number of carbonyl (C=O) groups is 1. The van der Waals surface area contributed by atoms with Gasteiger partial charge < -0.3 is 15.0 Å². The van der Waals surface area contributed by atoms with E-state index in [1.807, 2.05) is 43.3 Å². The average molecular weight is 450 g/mol. The first-order valence-corrected chi connectivity index (χ1v) is 11.1. The van der Waals surface area contributed by atoms with Gasteiger partial charge in [-0.25, -0.2) is 4.68 Å². The molecule has 0 spiro atoms. The van der Waals surface area contributed by atoms with Crippen molar-refractivity contribution in [1.82, 2.24) is 14.7 Å². The maximum Gasteiger partial charge on any atom is 0.274 e. The zero-order valence-electron chi connectivity index (χ0n) is 18.3. The molecule has 1 aromatic heterocycles. The van der Waals surface area contributed by atoms with Gasteiger partial charge in [0.05, 0.1) is 18.5 Å². The lowest BCUT2D eigenvalue weighted by Crippen LogP contribution is -2.35. The number of amides is 1. The lowest BCUT2D eigenvalue weighted by molar-refractivity contribution is 0.101. The summed E-state index contributed by atoms with van der Waals surface area (Å²) in [5.74, 6) is 0.953. The van der Waals surface area contributed by atoms with Crippen LogP contribution in [-0.2, 0) is 0 Å². The first-order valence-electron chi connectivity index (χ1n) is 10.7. The molecule has 166 valence electrons. The van der Waals surface area contributed by atoms with Crippen LogP contribution >= 0.6 is 12.6 Å². The normalized spacial score (nSPS) is 13.7. The Hall–Kier alpha value is -3.26. The summed E-state index contributed by atoms with van der Waals surface area (Å²) < 4.78 is 6.83. The van der Waals surface area contributed by atoms with Crippen LogP contribution in [0.3, 0.4) is 0 Å². The molecule has 32 heavy (non-hydrogen) atoms. The van der Waals surface area contributed by atoms with E-state index in [2.05, 4.69) is 27.9 Å². The summed E-state index contributed by atoms with van der Waals surface area (Å²) in [5, 5.41) is 15.9. The second kappa shape index (κ2) is 9.48. The molecule has 0 aliphatic carbocycles. The number of methoxy groups -OCH3 is 1. The Balaban J connectivity index is 1.52. The Morgan fingerprint density at radius 3 is 2.47 bits per heavy atom. The van der Waals surface area contributed by atoms with Crippen LogP contribution in [0.4, 0.5) is 5.69 Å². The molecule has 1 amide bonds. The fraction of sp³-hybridized carbons (Fsp3) is 0.292. The summed E-state index contributed by atoms with van der Waals surface area (Å²) in [4.78, 5) is 15.8. The monoisotopic (exact) mass is 449 g/mol. The molecule has 0 radical (unpaired) electrons. The van der Waals surface area contributed by atoms with E-state index >= 15 is 0 Å². The molecule has 1 aliphatic rings. The number of benzene rings is 2. The number of piperidine rings is 1. The van der Waals surface area contributed by atoms with Crippen molar-refractivity contribution in [2.75, 3.05) is 25.5 Å². The highest BCUT2D eigenvalue weighted by molar-refractivity contribution is 7.80. The summed E-state index contributed by atoms with van der Waals surface area (Å²) in [6.45, 7) is 3.70. The zero-order valence-corrected chi connectivity index (χ0v) is 19.2. The van der Waals surface area contributed by atoms with Crippen LogP contribution in [0.5, 0.6) is 5.75 Å². The van der Waals surface area contributed by atoms with Crippen molar-refractivity contribution in [1.29, 1.82) is 5.41 Å². The van der Waals surface area contributed by atoms with Crippen LogP contribution in [0.1, 0.15) is 41.0 Å². The van der Waals surface area contributed by atoms with Crippen LogP contribution in [0.15, 0.2) is 53.4 Å². The Kier molecular flexibility index (Phi) is 6.50. The van der Waals surface area contributed by atoms with E-state index in [9.17, 15) is 4.79 Å². The number of amidine groups is 1. The molecule has 7 nitrogen and oxygen atoms in total. The lowest BCUT2D eigenvalue weighted by atomic mass is 10.1. The van der Waals surface area contributed by atoms with Gasteiger partial charge in [0.25, 0.3) is 5.91 Å². The first kappa shape index (κ1) is 22.0. The molecule has 2 N–H and O–H groups in total. The van der Waals surface area contributed by atoms with Gasteiger partial charge in [0.2, 0.25) is 0 Å². The molecule has 1 aliphatic heterocycles. The standard InChI is InChI=1S/C24H27N5O2S/c1-16-14-21(29(27-16)20-11-10-19(31-2)15-22(20)32)24(30)26-18-8-6-17(7-9-18)23(25)28-12-4-3-5-13-28/h6-11,14-15,25,32H,3-5,12-13H2,1-2H3,(H,26,30). The fourth-order valence-electron chi connectivity index (χ4n) is 3.86. The van der Waals surface area contributed by atoms with Crippen LogP contribution in [0.25, 0.3) is 5.69 Å². The van der Waals surface area contributed by atoms with Crippen molar-refractivity contribution in [3.05, 3.63) is 65.5 Å². The molecule has 2 heterocycles. The third-order valence-corrected chi connectivity index (χ3v) is 5.92. The minimum atomic E-state index is -0.270. The third kappa shape index (κ3) is 4.65. The van der Waals surface area contributed by atoms with Crippen molar-refractivity contribution in [2.24, 2.45) is 0 Å². The van der Waals surface area contributed by atoms with Crippen molar-refractivity contribution < 1.29 is 9.53 Å². The average Bonchev–Trinajstić information content (AvgIpc) is 3.21. The Labute approximate surface area is 193 Å². The molecular weight excluding hydrogens is 422 g/mol. The van der Waals surface area contributed by atoms with Gasteiger partial charge in [-0.1, -0.05) is 0 Å². The summed E-state index contributed by atoms with van der Waals surface area (Å²) in [6, 6.07) is 14.6. The highest BCUT2D eigenvalue weighted by atomic mass is 32.1. The maximum atomic E-state index is 13.1. The smallest absolute Gasteiger partial charge is 0.274 e. The number of anilines is 1. The number of hydrogen-bond acceptors (Lipinski definition) is 5. The number of nitrogens with zero attached hydrogens (tertiary/aromatic N) is 3. The molecule has 2 aromatic carbocycles. The SMILES string of the molecule is COc1ccc(-n2nc(C)cc2C(=O)Nc2ccc(C(=N)N3CCCCC3)cc2)c(S)c1. The van der Waals surface area contributed by atoms with E-state index in [4.69, 9.17) is 10.1 Å². The highest BCUT2D eigenvalue weighted by Gasteiger charge is 2.18. The molecule has 1 fully saturated rings. The quantitative estimate of drug-likeness (QED) is 0.303. The minimum Gasteiger partial charge on any atom is -0.497 e. The highest BCUT2D eigenvalue weighted by Crippen LogP contribution is 2.26. The number of aromatic nitrogens is 2. The van der Waals surface area contributed by atoms with Crippen molar-refractivity contribution in [3.63, 3.8) is 0 Å². The van der Waals surface area contributed by atoms with Gasteiger partial charge in [0.1, 0.15) is 17.3 Å². The molecule has 0 atom stereocenters. The molecule has 1 saturated heterocycles. The van der Waals surface area contributed by atoms with Gasteiger partial charge in [-0.2, -0.15) is 5.10 Å². The Morgan fingerprint density at radius 2 is 1.81 bits per heavy atom. The third-order valence-electron chi connectivity index (χ3n) is 5.56. The van der Waals surface area contributed by atoms with E-state index in [0.717, 1.165) is 37.2 Å². The van der Waals surface area contributed by atoms with Crippen LogP contribution in [0.2, 0.25) is 0 Å². The number of ether oxygens (including phenoxy) is 1. The predicted molar refractivity (Wildman–Crippen MR) is 129 cm³/mol. The second-order valence-corrected chi connectivity index (χ2v) is 8.35. The number of likely N-dealkylation sites (tertiary alicyclic amines) is 1. The van der Waals surface area contributed by atoms with E-state index in [1.165, 1.54) is 6.42 Å². The summed E-state index contributed by atoms with van der Waals surface area (Å²) >= 11 is 4.53. The van der Waals surface area contributed by atoms with Crippen LogP contribution in [-0.4, -0.2) is 46.6 Å². The summed E-state index contributed by atoms with van der Waals surface area (Å²) in [7, 11) is 1.60. The number of hydrogen-bond donors (Lipinski definition) is 3. The van der Waals surface area contributed by atoms with E-state index in [0.29, 0.717) is 33.5 Å². The number of nitrogens with one attached hydrogen (secondary N) is 2. The maximum absolute atomic E-state index is 13.1. The Bertz CT molecular complexity index is 1130. The van der Waals surface area contributed by atoms with Gasteiger partial charge >= 0.3 is 0 Å². The summed E-state index contributed by atoms with van der Waals surface area (Å²) in [6.07, 6.45) is 3.49. The van der Waals surface area contributed by atoms with Gasteiger partial charge in [0, 0.05) is 29.2 Å². The summed E-state index contributed by atoms with van der Waals surface area (Å²) in [5.41, 5.74) is 3.34. The Morgan fingerprint density at radius 1 is 1.09 bits per heavy atom.